The number of halogens is 1. The maximum atomic E-state index is 12.1. The van der Waals surface area contributed by atoms with E-state index in [0.29, 0.717) is 12.3 Å². The Bertz CT molecular complexity index is 617. The molecular formula is C13H19ClN2O4S. The molecular weight excluding hydrogens is 316 g/mol. The van der Waals surface area contributed by atoms with Crippen LogP contribution >= 0.6 is 10.7 Å². The summed E-state index contributed by atoms with van der Waals surface area (Å²) in [4.78, 5) is 13.6. The number of carbonyl (C=O) groups is 1. The van der Waals surface area contributed by atoms with Crippen molar-refractivity contribution in [2.75, 3.05) is 32.7 Å². The Morgan fingerprint density at radius 2 is 2.05 bits per heavy atom. The summed E-state index contributed by atoms with van der Waals surface area (Å²) in [5.74, 6) is -0.383. The van der Waals surface area contributed by atoms with Crippen molar-refractivity contribution in [1.29, 1.82) is 0 Å². The van der Waals surface area contributed by atoms with Gasteiger partial charge in [-0.15, -0.1) is 0 Å². The number of carbonyl (C=O) groups excluding carboxylic acids is 1. The van der Waals surface area contributed by atoms with Crippen LogP contribution in [0.4, 0.5) is 5.69 Å². The topological polar surface area (TPSA) is 75.7 Å². The van der Waals surface area contributed by atoms with E-state index in [1.54, 1.807) is 38.1 Å². The first-order chi connectivity index (χ1) is 9.66. The van der Waals surface area contributed by atoms with Crippen molar-refractivity contribution in [1.82, 2.24) is 5.32 Å². The van der Waals surface area contributed by atoms with Crippen LogP contribution in [0.25, 0.3) is 0 Å². The fourth-order valence-electron chi connectivity index (χ4n) is 1.82. The molecule has 0 bridgehead atoms. The van der Waals surface area contributed by atoms with E-state index in [0.717, 1.165) is 0 Å². The molecule has 1 N–H and O–H groups in total. The number of nitrogens with one attached hydrogen (secondary N) is 1. The molecule has 8 heteroatoms. The van der Waals surface area contributed by atoms with Crippen molar-refractivity contribution in [3.63, 3.8) is 0 Å². The first kappa shape index (κ1) is 17.7. The summed E-state index contributed by atoms with van der Waals surface area (Å²) in [5.41, 5.74) is 0.647. The number of anilines is 1. The van der Waals surface area contributed by atoms with Gasteiger partial charge in [0.15, 0.2) is 0 Å². The van der Waals surface area contributed by atoms with Crippen LogP contribution < -0.4 is 10.2 Å². The smallest absolute Gasteiger partial charge is 0.263 e. The van der Waals surface area contributed by atoms with E-state index in [1.807, 2.05) is 0 Å². The van der Waals surface area contributed by atoms with Crippen LogP contribution in [-0.4, -0.2) is 48.2 Å². The third-order valence-electron chi connectivity index (χ3n) is 2.76. The lowest BCUT2D eigenvalue weighted by atomic mass is 10.1. The Labute approximate surface area is 129 Å². The summed E-state index contributed by atoms with van der Waals surface area (Å²) in [6, 6.07) is 4.18. The van der Waals surface area contributed by atoms with Crippen molar-refractivity contribution in [2.24, 2.45) is 0 Å². The third kappa shape index (κ3) is 4.87. The molecule has 0 aliphatic carbocycles. The molecule has 1 atom stereocenters. The predicted molar refractivity (Wildman–Crippen MR) is 82.6 cm³/mol. The Morgan fingerprint density at radius 3 is 2.52 bits per heavy atom. The first-order valence-corrected chi connectivity index (χ1v) is 8.53. The van der Waals surface area contributed by atoms with E-state index in [4.69, 9.17) is 15.4 Å². The molecule has 0 saturated carbocycles. The fourth-order valence-corrected chi connectivity index (χ4v) is 2.96. The number of hydrogen-bond acceptors (Lipinski definition) is 5. The summed E-state index contributed by atoms with van der Waals surface area (Å²) < 4.78 is 28.2. The minimum atomic E-state index is -3.95. The zero-order chi connectivity index (χ0) is 16.2. The molecule has 1 amide bonds. The average molecular weight is 335 g/mol. The second-order valence-electron chi connectivity index (χ2n) is 4.84. The molecule has 0 aliphatic heterocycles. The second kappa shape index (κ2) is 7.11. The molecule has 1 unspecified atom stereocenters. The Morgan fingerprint density at radius 1 is 1.43 bits per heavy atom. The second-order valence-corrected chi connectivity index (χ2v) is 7.38. The van der Waals surface area contributed by atoms with E-state index in [1.165, 1.54) is 13.2 Å². The molecule has 0 fully saturated rings. The highest BCUT2D eigenvalue weighted by atomic mass is 35.7. The van der Waals surface area contributed by atoms with Gasteiger partial charge in [-0.1, -0.05) is 0 Å². The van der Waals surface area contributed by atoms with Gasteiger partial charge < -0.3 is 15.0 Å². The molecule has 1 aromatic carbocycles. The van der Waals surface area contributed by atoms with Gasteiger partial charge in [-0.3, -0.25) is 4.79 Å². The minimum absolute atomic E-state index is 0.0961. The molecule has 1 rings (SSSR count). The van der Waals surface area contributed by atoms with Crippen LogP contribution in [0.2, 0.25) is 0 Å². The number of methoxy groups -OCH3 is 1. The zero-order valence-corrected chi connectivity index (χ0v) is 14.0. The SMILES string of the molecule is COCC(C)NC(=O)c1ccc(N(C)C)c(S(=O)(=O)Cl)c1. The van der Waals surface area contributed by atoms with E-state index < -0.39 is 9.05 Å². The lowest BCUT2D eigenvalue weighted by Crippen LogP contribution is -2.35. The summed E-state index contributed by atoms with van der Waals surface area (Å²) in [7, 11) is 6.41. The number of amides is 1. The quantitative estimate of drug-likeness (QED) is 0.797. The lowest BCUT2D eigenvalue weighted by molar-refractivity contribution is 0.0905. The van der Waals surface area contributed by atoms with Crippen molar-refractivity contribution < 1.29 is 17.9 Å². The van der Waals surface area contributed by atoms with Gasteiger partial charge in [0, 0.05) is 43.5 Å². The molecule has 6 nitrogen and oxygen atoms in total. The fraction of sp³-hybridized carbons (Fsp3) is 0.462. The van der Waals surface area contributed by atoms with Gasteiger partial charge in [0.1, 0.15) is 4.90 Å². The Kier molecular flexibility index (Phi) is 6.00. The highest BCUT2D eigenvalue weighted by molar-refractivity contribution is 8.13. The third-order valence-corrected chi connectivity index (χ3v) is 4.11. The van der Waals surface area contributed by atoms with Crippen LogP contribution in [0, 0.1) is 0 Å². The maximum absolute atomic E-state index is 12.1. The van der Waals surface area contributed by atoms with E-state index in [2.05, 4.69) is 5.32 Å². The van der Waals surface area contributed by atoms with Gasteiger partial charge in [0.25, 0.3) is 15.0 Å². The zero-order valence-electron chi connectivity index (χ0n) is 12.4. The van der Waals surface area contributed by atoms with Gasteiger partial charge in [0.2, 0.25) is 0 Å². The van der Waals surface area contributed by atoms with Crippen LogP contribution in [0.3, 0.4) is 0 Å². The van der Waals surface area contributed by atoms with Crippen LogP contribution in [-0.2, 0) is 13.8 Å². The average Bonchev–Trinajstić information content (AvgIpc) is 2.37. The summed E-state index contributed by atoms with van der Waals surface area (Å²) in [5, 5.41) is 2.71. The van der Waals surface area contributed by atoms with E-state index in [9.17, 15) is 13.2 Å². The summed E-state index contributed by atoms with van der Waals surface area (Å²) >= 11 is 0. The highest BCUT2D eigenvalue weighted by Crippen LogP contribution is 2.27. The largest absolute Gasteiger partial charge is 0.383 e. The first-order valence-electron chi connectivity index (χ1n) is 6.22. The molecule has 1 aromatic rings. The molecule has 0 heterocycles. The highest BCUT2D eigenvalue weighted by Gasteiger charge is 2.20. The summed E-state index contributed by atoms with van der Waals surface area (Å²) in [6.45, 7) is 2.15. The predicted octanol–water partition coefficient (Wildman–Crippen LogP) is 1.44. The van der Waals surface area contributed by atoms with Crippen molar-refractivity contribution in [2.45, 2.75) is 17.9 Å². The van der Waals surface area contributed by atoms with Crippen molar-refractivity contribution >= 4 is 31.3 Å². The minimum Gasteiger partial charge on any atom is -0.383 e. The number of benzene rings is 1. The molecule has 0 aliphatic rings. The molecule has 0 radical (unpaired) electrons. The number of ether oxygens (including phenoxy) is 1. The van der Waals surface area contributed by atoms with Gasteiger partial charge in [-0.2, -0.15) is 0 Å². The standard InChI is InChI=1S/C13H19ClN2O4S/c1-9(8-20-4)15-13(17)10-5-6-11(16(2)3)12(7-10)21(14,18)19/h5-7,9H,8H2,1-4H3,(H,15,17). The molecule has 0 spiro atoms. The van der Waals surface area contributed by atoms with Gasteiger partial charge in [-0.05, 0) is 25.1 Å². The Hall–Kier alpha value is -1.31. The number of rotatable bonds is 6. The van der Waals surface area contributed by atoms with Crippen molar-refractivity contribution in [3.8, 4) is 0 Å². The molecule has 118 valence electrons. The molecule has 0 saturated heterocycles. The molecule has 0 aromatic heterocycles. The maximum Gasteiger partial charge on any atom is 0.263 e. The number of hydrogen-bond donors (Lipinski definition) is 1. The number of nitrogens with zero attached hydrogens (tertiary/aromatic N) is 1. The monoisotopic (exact) mass is 334 g/mol. The van der Waals surface area contributed by atoms with Crippen molar-refractivity contribution in [3.05, 3.63) is 23.8 Å². The van der Waals surface area contributed by atoms with Crippen LogP contribution in [0.15, 0.2) is 23.1 Å². The summed E-state index contributed by atoms with van der Waals surface area (Å²) in [6.07, 6.45) is 0. The normalized spacial score (nSPS) is 12.8. The van der Waals surface area contributed by atoms with Crippen LogP contribution in [0.1, 0.15) is 17.3 Å². The van der Waals surface area contributed by atoms with Crippen LogP contribution in [0.5, 0.6) is 0 Å². The van der Waals surface area contributed by atoms with E-state index >= 15 is 0 Å². The molecule has 21 heavy (non-hydrogen) atoms. The van der Waals surface area contributed by atoms with E-state index in [-0.39, 0.29) is 22.4 Å². The van der Waals surface area contributed by atoms with Gasteiger partial charge in [0.05, 0.1) is 12.3 Å². The lowest BCUT2D eigenvalue weighted by Gasteiger charge is -2.17. The van der Waals surface area contributed by atoms with Gasteiger partial charge >= 0.3 is 0 Å². The Balaban J connectivity index is 3.14. The van der Waals surface area contributed by atoms with Gasteiger partial charge in [-0.25, -0.2) is 8.42 Å².